The van der Waals surface area contributed by atoms with E-state index in [9.17, 15) is 14.7 Å². The number of aromatic nitrogens is 1. The van der Waals surface area contributed by atoms with Gasteiger partial charge in [-0.2, -0.15) is 0 Å². The predicted molar refractivity (Wildman–Crippen MR) is 136 cm³/mol. The smallest absolute Gasteiger partial charge is 0.290 e. The summed E-state index contributed by atoms with van der Waals surface area (Å²) in [6.07, 6.45) is 3.46. The Morgan fingerprint density at radius 1 is 1.06 bits per heavy atom. The third-order valence-electron chi connectivity index (χ3n) is 6.77. The lowest BCUT2D eigenvalue weighted by Gasteiger charge is -2.32. The third kappa shape index (κ3) is 4.79. The van der Waals surface area contributed by atoms with Gasteiger partial charge < -0.3 is 29.1 Å². The molecule has 1 amide bonds. The summed E-state index contributed by atoms with van der Waals surface area (Å²) < 4.78 is 16.5. The number of aliphatic hydroxyl groups excluding tert-OH is 1. The van der Waals surface area contributed by atoms with Crippen molar-refractivity contribution < 1.29 is 28.9 Å². The highest BCUT2D eigenvalue weighted by Crippen LogP contribution is 2.46. The average molecular weight is 516 g/mol. The van der Waals surface area contributed by atoms with Crippen LogP contribution in [0.25, 0.3) is 0 Å². The number of ether oxygens (including phenoxy) is 3. The number of hydrogen-bond acceptors (Lipinski definition) is 9. The fourth-order valence-corrected chi connectivity index (χ4v) is 5.89. The molecular formula is C26H33N3O6S. The van der Waals surface area contributed by atoms with Gasteiger partial charge in [-0.3, -0.25) is 9.59 Å². The summed E-state index contributed by atoms with van der Waals surface area (Å²) in [7, 11) is 4.54. The van der Waals surface area contributed by atoms with Gasteiger partial charge in [0.1, 0.15) is 0 Å². The molecule has 0 spiro atoms. The lowest BCUT2D eigenvalue weighted by atomic mass is 9.94. The Hall–Kier alpha value is -3.11. The number of Topliss-reactive ketones (excluding diaryl/α,β-unsaturated/α-hetero) is 1. The molecule has 0 aliphatic carbocycles. The highest BCUT2D eigenvalue weighted by atomic mass is 32.1. The largest absolute Gasteiger partial charge is 0.503 e. The van der Waals surface area contributed by atoms with E-state index >= 15 is 0 Å². The van der Waals surface area contributed by atoms with Gasteiger partial charge in [0, 0.05) is 13.1 Å². The van der Waals surface area contributed by atoms with E-state index in [1.54, 1.807) is 24.0 Å². The highest BCUT2D eigenvalue weighted by molar-refractivity contribution is 7.14. The van der Waals surface area contributed by atoms with Crippen LogP contribution in [0.4, 0.5) is 0 Å². The molecule has 10 heteroatoms. The first-order valence-corrected chi connectivity index (χ1v) is 12.9. The number of thiazole rings is 1. The van der Waals surface area contributed by atoms with Crippen LogP contribution in [-0.4, -0.2) is 79.1 Å². The van der Waals surface area contributed by atoms with Gasteiger partial charge >= 0.3 is 0 Å². The quantitative estimate of drug-likeness (QED) is 0.503. The van der Waals surface area contributed by atoms with Gasteiger partial charge in [-0.05, 0) is 57.5 Å². The van der Waals surface area contributed by atoms with Crippen LogP contribution in [0.2, 0.25) is 0 Å². The van der Waals surface area contributed by atoms with Crippen LogP contribution < -0.4 is 14.2 Å². The minimum atomic E-state index is -0.815. The average Bonchev–Trinajstić information content (AvgIpc) is 3.36. The van der Waals surface area contributed by atoms with Gasteiger partial charge in [0.25, 0.3) is 5.91 Å². The number of piperidine rings is 1. The first kappa shape index (κ1) is 26.0. The second-order valence-corrected chi connectivity index (χ2v) is 10.2. The van der Waals surface area contributed by atoms with Crippen molar-refractivity contribution in [3.8, 4) is 17.2 Å². The van der Waals surface area contributed by atoms with E-state index in [0.717, 1.165) is 30.9 Å². The van der Waals surface area contributed by atoms with E-state index in [4.69, 9.17) is 14.2 Å². The molecule has 9 nitrogen and oxygen atoms in total. The van der Waals surface area contributed by atoms with Crippen LogP contribution in [0.5, 0.6) is 17.2 Å². The number of amides is 1. The van der Waals surface area contributed by atoms with Crippen LogP contribution in [-0.2, 0) is 4.79 Å². The summed E-state index contributed by atoms with van der Waals surface area (Å²) in [5, 5.41) is 11.8. The van der Waals surface area contributed by atoms with E-state index in [0.29, 0.717) is 46.5 Å². The van der Waals surface area contributed by atoms with Crippen LogP contribution >= 0.6 is 11.3 Å². The van der Waals surface area contributed by atoms with E-state index in [1.165, 1.54) is 39.1 Å². The number of methoxy groups -OCH3 is 3. The topological polar surface area (TPSA) is 101 Å². The fourth-order valence-electron chi connectivity index (χ4n) is 5.02. The lowest BCUT2D eigenvalue weighted by Crippen LogP contribution is -2.40. The van der Waals surface area contributed by atoms with Gasteiger partial charge in [0.2, 0.25) is 11.5 Å². The molecule has 4 rings (SSSR count). The Balaban J connectivity index is 1.80. The summed E-state index contributed by atoms with van der Waals surface area (Å²) in [5.41, 5.74) is 1.20. The first-order chi connectivity index (χ1) is 17.3. The molecule has 1 aromatic heterocycles. The van der Waals surface area contributed by atoms with E-state index in [-0.39, 0.29) is 5.57 Å². The molecular weight excluding hydrogens is 482 g/mol. The molecule has 1 unspecified atom stereocenters. The standard InChI is InChI=1S/C26H33N3O6S/c1-15-25(36-16(2)27-15)22(30)20-21(17-13-18(33-3)24(35-5)19(14-17)34-4)29(26(32)23(20)31)12-11-28-9-7-6-8-10-28/h13-14,21,31H,6-12H2,1-5H3. The Kier molecular flexibility index (Phi) is 7.85. The first-order valence-electron chi connectivity index (χ1n) is 12.1. The van der Waals surface area contributed by atoms with Crippen LogP contribution in [0.1, 0.15) is 51.2 Å². The molecule has 2 aromatic rings. The molecule has 2 aliphatic rings. The zero-order chi connectivity index (χ0) is 26.0. The van der Waals surface area contributed by atoms with E-state index in [2.05, 4.69) is 9.88 Å². The lowest BCUT2D eigenvalue weighted by molar-refractivity contribution is -0.129. The number of benzene rings is 1. The monoisotopic (exact) mass is 515 g/mol. The van der Waals surface area contributed by atoms with Crippen LogP contribution in [0, 0.1) is 13.8 Å². The number of ketones is 1. The van der Waals surface area contributed by atoms with E-state index < -0.39 is 23.5 Å². The summed E-state index contributed by atoms with van der Waals surface area (Å²) >= 11 is 1.26. The third-order valence-corrected chi connectivity index (χ3v) is 7.84. The Morgan fingerprint density at radius 2 is 1.69 bits per heavy atom. The van der Waals surface area contributed by atoms with Gasteiger partial charge in [0.05, 0.1) is 48.5 Å². The summed E-state index contributed by atoms with van der Waals surface area (Å²) in [5.74, 6) is -0.279. The molecule has 1 atom stereocenters. The van der Waals surface area contributed by atoms with Gasteiger partial charge in [-0.25, -0.2) is 4.98 Å². The highest BCUT2D eigenvalue weighted by Gasteiger charge is 2.45. The maximum atomic E-state index is 13.8. The molecule has 3 heterocycles. The minimum Gasteiger partial charge on any atom is -0.503 e. The Labute approximate surface area is 215 Å². The van der Waals surface area contributed by atoms with Crippen LogP contribution in [0.3, 0.4) is 0 Å². The van der Waals surface area contributed by atoms with Crippen molar-refractivity contribution in [1.82, 2.24) is 14.8 Å². The minimum absolute atomic E-state index is 0.0414. The fraction of sp³-hybridized carbons (Fsp3) is 0.500. The normalized spacial score (nSPS) is 18.6. The number of nitrogens with zero attached hydrogens (tertiary/aromatic N) is 3. The number of likely N-dealkylation sites (tertiary alicyclic amines) is 1. The van der Waals surface area contributed by atoms with Gasteiger partial charge in [-0.15, -0.1) is 11.3 Å². The van der Waals surface area contributed by atoms with Crippen molar-refractivity contribution in [3.63, 3.8) is 0 Å². The zero-order valence-corrected chi connectivity index (χ0v) is 22.2. The zero-order valence-electron chi connectivity index (χ0n) is 21.4. The predicted octanol–water partition coefficient (Wildman–Crippen LogP) is 3.85. The van der Waals surface area contributed by atoms with Crippen molar-refractivity contribution >= 4 is 23.0 Å². The molecule has 1 saturated heterocycles. The molecule has 1 aromatic carbocycles. The summed E-state index contributed by atoms with van der Waals surface area (Å²) in [6.45, 7) is 6.54. The molecule has 194 valence electrons. The number of aliphatic hydroxyl groups is 1. The molecule has 1 N–H and O–H groups in total. The Morgan fingerprint density at radius 3 is 2.22 bits per heavy atom. The number of rotatable bonds is 9. The van der Waals surface area contributed by atoms with E-state index in [1.807, 2.05) is 6.92 Å². The molecule has 0 radical (unpaired) electrons. The molecule has 0 bridgehead atoms. The molecule has 0 saturated carbocycles. The van der Waals surface area contributed by atoms with Crippen molar-refractivity contribution in [2.75, 3.05) is 47.5 Å². The van der Waals surface area contributed by atoms with Crippen molar-refractivity contribution in [2.45, 2.75) is 39.2 Å². The summed E-state index contributed by atoms with van der Waals surface area (Å²) in [4.78, 5) is 35.8. The molecule has 36 heavy (non-hydrogen) atoms. The molecule has 2 aliphatic heterocycles. The second kappa shape index (κ2) is 10.9. The van der Waals surface area contributed by atoms with Crippen LogP contribution in [0.15, 0.2) is 23.5 Å². The number of hydrogen-bond donors (Lipinski definition) is 1. The van der Waals surface area contributed by atoms with Crippen molar-refractivity contribution in [3.05, 3.63) is 44.6 Å². The second-order valence-electron chi connectivity index (χ2n) is 9.00. The van der Waals surface area contributed by atoms with Gasteiger partial charge in [0.15, 0.2) is 17.3 Å². The molecule has 1 fully saturated rings. The number of aryl methyl sites for hydroxylation is 2. The number of carbonyl (C=O) groups excluding carboxylic acids is 2. The maximum Gasteiger partial charge on any atom is 0.290 e. The number of carbonyl (C=O) groups is 2. The summed E-state index contributed by atoms with van der Waals surface area (Å²) in [6, 6.07) is 2.64. The van der Waals surface area contributed by atoms with Crippen molar-refractivity contribution in [2.24, 2.45) is 0 Å². The Bertz CT molecular complexity index is 1160. The van der Waals surface area contributed by atoms with Gasteiger partial charge in [-0.1, -0.05) is 6.42 Å². The maximum absolute atomic E-state index is 13.8. The van der Waals surface area contributed by atoms with Crippen molar-refractivity contribution in [1.29, 1.82) is 0 Å². The SMILES string of the molecule is COc1cc(C2C(C(=O)c3sc(C)nc3C)=C(O)C(=O)N2CCN2CCCCC2)cc(OC)c1OC.